The molecule has 0 amide bonds. The molecule has 2 aromatic carbocycles. The number of hydrogen-bond acceptors (Lipinski definition) is 4. The van der Waals surface area contributed by atoms with E-state index in [0.29, 0.717) is 18.4 Å². The van der Waals surface area contributed by atoms with E-state index in [4.69, 9.17) is 14.2 Å². The van der Waals surface area contributed by atoms with Gasteiger partial charge < -0.3 is 14.2 Å². The second-order valence-electron chi connectivity index (χ2n) is 11.4. The van der Waals surface area contributed by atoms with Crippen molar-refractivity contribution in [1.82, 2.24) is 0 Å². The van der Waals surface area contributed by atoms with Crippen LogP contribution in [-0.2, 0) is 27.3 Å². The lowest BCUT2D eigenvalue weighted by atomic mass is 9.48. The Morgan fingerprint density at radius 1 is 1.11 bits per heavy atom. The molecule has 0 saturated heterocycles. The van der Waals surface area contributed by atoms with Gasteiger partial charge in [-0.25, -0.2) is 0 Å². The summed E-state index contributed by atoms with van der Waals surface area (Å²) in [4.78, 5) is 12.4. The maximum atomic E-state index is 12.4. The first-order valence-electron chi connectivity index (χ1n) is 13.3. The number of methoxy groups -OCH3 is 1. The highest BCUT2D eigenvalue weighted by Gasteiger charge is 2.76. The van der Waals surface area contributed by atoms with Gasteiger partial charge >= 0.3 is 5.97 Å². The average Bonchev–Trinajstić information content (AvgIpc) is 3.26. The number of allylic oxidation sites excluding steroid dienone is 1. The number of carbonyl (C=O) groups excluding carboxylic acids is 1. The number of rotatable bonds is 6. The summed E-state index contributed by atoms with van der Waals surface area (Å²) in [5.74, 6) is 1.91. The Morgan fingerprint density at radius 3 is 2.72 bits per heavy atom. The fourth-order valence-electron chi connectivity index (χ4n) is 8.43. The van der Waals surface area contributed by atoms with Crippen LogP contribution in [0.1, 0.15) is 62.1 Å². The van der Waals surface area contributed by atoms with Crippen molar-refractivity contribution in [2.24, 2.45) is 22.7 Å². The lowest BCUT2D eigenvalue weighted by molar-refractivity contribution is -0.171. The van der Waals surface area contributed by atoms with Crippen molar-refractivity contribution in [3.8, 4) is 5.75 Å². The van der Waals surface area contributed by atoms with Gasteiger partial charge in [-0.1, -0.05) is 49.4 Å². The minimum Gasteiger partial charge on any atom is -0.497 e. The number of ether oxygens (including phenoxy) is 3. The summed E-state index contributed by atoms with van der Waals surface area (Å²) in [7, 11) is 1.74. The lowest BCUT2D eigenvalue weighted by Crippen LogP contribution is -2.54. The molecule has 36 heavy (non-hydrogen) atoms. The highest BCUT2D eigenvalue weighted by molar-refractivity contribution is 5.68. The van der Waals surface area contributed by atoms with Gasteiger partial charge in [0.25, 0.3) is 0 Å². The molecular weight excluding hydrogens is 448 g/mol. The molecule has 2 bridgehead atoms. The van der Waals surface area contributed by atoms with Gasteiger partial charge in [-0.15, -0.1) is 0 Å². The molecule has 2 saturated carbocycles. The first-order chi connectivity index (χ1) is 17.4. The normalized spacial score (nSPS) is 35.7. The second kappa shape index (κ2) is 8.54. The topological polar surface area (TPSA) is 44.8 Å². The van der Waals surface area contributed by atoms with Gasteiger partial charge in [0, 0.05) is 23.7 Å². The standard InChI is InChI=1S/C32H36O4/c1-22(33)36-32-17-16-31(20-25(32)14-18-35-21-23-7-5-4-6-8-23)29-12-9-24-19-26(34-3)10-11-27(24)28(29)13-15-30(31,32)2/h4-8,10-11,14,16-19,25,28-29H,9,12-13,15,20-21H2,1-3H3/b18-14-/t25-,28-,29-,30+,31+,32-/m1/s1. The zero-order chi connectivity index (χ0) is 25.0. The molecule has 2 aromatic rings. The van der Waals surface area contributed by atoms with E-state index in [-0.39, 0.29) is 22.7 Å². The first kappa shape index (κ1) is 23.4. The largest absolute Gasteiger partial charge is 0.497 e. The minimum atomic E-state index is -0.614. The fraction of sp³-hybridized carbons (Fsp3) is 0.469. The molecule has 2 fully saturated rings. The number of esters is 1. The van der Waals surface area contributed by atoms with Gasteiger partial charge in [0.15, 0.2) is 0 Å². The van der Waals surface area contributed by atoms with Crippen molar-refractivity contribution in [1.29, 1.82) is 0 Å². The molecule has 0 spiro atoms. The van der Waals surface area contributed by atoms with E-state index in [0.717, 1.165) is 43.4 Å². The molecule has 0 unspecified atom stereocenters. The molecule has 4 aliphatic carbocycles. The molecule has 0 heterocycles. The smallest absolute Gasteiger partial charge is 0.303 e. The molecule has 0 N–H and O–H groups in total. The van der Waals surface area contributed by atoms with Crippen LogP contribution in [0.5, 0.6) is 5.75 Å². The van der Waals surface area contributed by atoms with Crippen LogP contribution in [0, 0.1) is 22.7 Å². The summed E-state index contributed by atoms with van der Waals surface area (Å²) in [6.45, 7) is 4.47. The predicted molar refractivity (Wildman–Crippen MR) is 139 cm³/mol. The Hall–Kier alpha value is -3.01. The quantitative estimate of drug-likeness (QED) is 0.258. The Labute approximate surface area is 214 Å². The van der Waals surface area contributed by atoms with Crippen molar-refractivity contribution >= 4 is 5.97 Å². The van der Waals surface area contributed by atoms with Crippen LogP contribution in [0.2, 0.25) is 0 Å². The summed E-state index contributed by atoms with van der Waals surface area (Å²) in [6, 6.07) is 16.8. The highest BCUT2D eigenvalue weighted by atomic mass is 16.6. The molecule has 4 nitrogen and oxygen atoms in total. The summed E-state index contributed by atoms with van der Waals surface area (Å²) >= 11 is 0. The number of benzene rings is 2. The fourth-order valence-corrected chi connectivity index (χ4v) is 8.43. The summed E-state index contributed by atoms with van der Waals surface area (Å²) in [5, 5.41) is 0. The van der Waals surface area contributed by atoms with Crippen LogP contribution in [0.25, 0.3) is 0 Å². The van der Waals surface area contributed by atoms with Crippen LogP contribution in [0.15, 0.2) is 73.0 Å². The number of aryl methyl sites for hydroxylation is 1. The van der Waals surface area contributed by atoms with E-state index in [1.54, 1.807) is 14.0 Å². The maximum absolute atomic E-state index is 12.4. The third-order valence-corrected chi connectivity index (χ3v) is 10.0. The van der Waals surface area contributed by atoms with Crippen molar-refractivity contribution < 1.29 is 19.0 Å². The first-order valence-corrected chi connectivity index (χ1v) is 13.3. The van der Waals surface area contributed by atoms with E-state index < -0.39 is 5.60 Å². The maximum Gasteiger partial charge on any atom is 0.303 e. The Kier molecular flexibility index (Phi) is 5.55. The number of hydrogen-bond donors (Lipinski definition) is 0. The number of carbonyl (C=O) groups is 1. The summed E-state index contributed by atoms with van der Waals surface area (Å²) in [6.07, 6.45) is 14.1. The van der Waals surface area contributed by atoms with E-state index in [9.17, 15) is 4.79 Å². The van der Waals surface area contributed by atoms with Crippen LogP contribution in [0.3, 0.4) is 0 Å². The predicted octanol–water partition coefficient (Wildman–Crippen LogP) is 6.75. The minimum absolute atomic E-state index is 0.0113. The zero-order valence-corrected chi connectivity index (χ0v) is 21.5. The van der Waals surface area contributed by atoms with E-state index in [1.807, 2.05) is 24.5 Å². The van der Waals surface area contributed by atoms with Crippen molar-refractivity contribution in [3.05, 3.63) is 89.7 Å². The van der Waals surface area contributed by atoms with Crippen molar-refractivity contribution in [3.63, 3.8) is 0 Å². The van der Waals surface area contributed by atoms with Crippen LogP contribution < -0.4 is 4.74 Å². The molecule has 6 atom stereocenters. The van der Waals surface area contributed by atoms with Crippen LogP contribution in [0.4, 0.5) is 0 Å². The van der Waals surface area contributed by atoms with Gasteiger partial charge in [0.1, 0.15) is 18.0 Å². The third kappa shape index (κ3) is 3.22. The Bertz CT molecular complexity index is 1220. The Morgan fingerprint density at radius 2 is 1.94 bits per heavy atom. The zero-order valence-electron chi connectivity index (χ0n) is 21.5. The van der Waals surface area contributed by atoms with Crippen molar-refractivity contribution in [2.45, 2.75) is 64.1 Å². The highest BCUT2D eigenvalue weighted by Crippen LogP contribution is 2.77. The van der Waals surface area contributed by atoms with Crippen LogP contribution in [-0.4, -0.2) is 18.7 Å². The monoisotopic (exact) mass is 484 g/mol. The van der Waals surface area contributed by atoms with Gasteiger partial charge in [-0.05, 0) is 84.9 Å². The van der Waals surface area contributed by atoms with Crippen molar-refractivity contribution in [2.75, 3.05) is 7.11 Å². The van der Waals surface area contributed by atoms with E-state index >= 15 is 0 Å². The SMILES string of the molecule is COc1ccc2c(c1)CC[C@@H]1[C@@H]2CC[C@@]2(C)[C@]13C=C[C@@]2(OC(C)=O)[C@H](/C=C\OCc1ccccc1)C3. The lowest BCUT2D eigenvalue weighted by Gasteiger charge is -2.56. The number of fused-ring (bicyclic) bond motifs is 3. The second-order valence-corrected chi connectivity index (χ2v) is 11.4. The van der Waals surface area contributed by atoms with E-state index in [2.05, 4.69) is 55.5 Å². The molecule has 4 heteroatoms. The molecule has 6 rings (SSSR count). The molecule has 0 radical (unpaired) electrons. The molecular formula is C32H36O4. The molecule has 0 aliphatic heterocycles. The van der Waals surface area contributed by atoms with Gasteiger partial charge in [0.05, 0.1) is 13.4 Å². The Balaban J connectivity index is 1.32. The van der Waals surface area contributed by atoms with E-state index in [1.165, 1.54) is 11.1 Å². The molecule has 0 aromatic heterocycles. The van der Waals surface area contributed by atoms with Gasteiger partial charge in [0.2, 0.25) is 0 Å². The average molecular weight is 485 g/mol. The third-order valence-electron chi connectivity index (χ3n) is 10.0. The molecule has 188 valence electrons. The van der Waals surface area contributed by atoms with Gasteiger partial charge in [-0.2, -0.15) is 0 Å². The van der Waals surface area contributed by atoms with Gasteiger partial charge in [-0.3, -0.25) is 4.79 Å². The summed E-state index contributed by atoms with van der Waals surface area (Å²) in [5.41, 5.74) is 3.35. The van der Waals surface area contributed by atoms with Crippen LogP contribution >= 0.6 is 0 Å². The molecule has 4 aliphatic rings. The summed E-state index contributed by atoms with van der Waals surface area (Å²) < 4.78 is 17.8.